The highest BCUT2D eigenvalue weighted by molar-refractivity contribution is 5.83. The van der Waals surface area contributed by atoms with Gasteiger partial charge in [-0.25, -0.2) is 0 Å². The van der Waals surface area contributed by atoms with E-state index in [0.717, 1.165) is 38.0 Å². The van der Waals surface area contributed by atoms with Gasteiger partial charge in [0.15, 0.2) is 0 Å². The van der Waals surface area contributed by atoms with Gasteiger partial charge in [0, 0.05) is 26.2 Å². The summed E-state index contributed by atoms with van der Waals surface area (Å²) in [5, 5.41) is 3.60. The molecule has 0 bridgehead atoms. The van der Waals surface area contributed by atoms with E-state index in [4.69, 9.17) is 0 Å². The summed E-state index contributed by atoms with van der Waals surface area (Å²) in [6, 6.07) is 18.6. The Morgan fingerprint density at radius 2 is 1.41 bits per heavy atom. The van der Waals surface area contributed by atoms with Crippen LogP contribution in [0.25, 0.3) is 0 Å². The monoisotopic (exact) mass is 391 g/mol. The minimum Gasteiger partial charge on any atom is -0.341 e. The average Bonchev–Trinajstić information content (AvgIpc) is 3.31. The van der Waals surface area contributed by atoms with Gasteiger partial charge in [0.25, 0.3) is 0 Å². The zero-order chi connectivity index (χ0) is 19.9. The molecule has 1 N–H and O–H groups in total. The maximum atomic E-state index is 13.2. The van der Waals surface area contributed by atoms with E-state index >= 15 is 0 Å². The Bertz CT molecular complexity index is 780. The topological polar surface area (TPSA) is 35.6 Å². The van der Waals surface area contributed by atoms with E-state index in [1.54, 1.807) is 0 Å². The van der Waals surface area contributed by atoms with Gasteiger partial charge in [-0.2, -0.15) is 0 Å². The van der Waals surface area contributed by atoms with E-state index in [1.165, 1.54) is 43.5 Å². The van der Waals surface area contributed by atoms with Gasteiger partial charge in [0.2, 0.25) is 5.91 Å². The lowest BCUT2D eigenvalue weighted by Crippen LogP contribution is -2.39. The predicted molar refractivity (Wildman–Crippen MR) is 117 cm³/mol. The van der Waals surface area contributed by atoms with Gasteiger partial charge in [-0.1, -0.05) is 61.0 Å². The third-order valence-corrected chi connectivity index (χ3v) is 6.26. The molecule has 0 unspecified atom stereocenters. The second-order valence-electron chi connectivity index (χ2n) is 8.36. The van der Waals surface area contributed by atoms with Crippen molar-refractivity contribution in [2.24, 2.45) is 0 Å². The summed E-state index contributed by atoms with van der Waals surface area (Å²) < 4.78 is 0. The molecular weight excluding hydrogens is 358 g/mol. The zero-order valence-electron chi connectivity index (χ0n) is 17.4. The normalized spacial score (nSPS) is 18.7. The van der Waals surface area contributed by atoms with Crippen LogP contribution in [0.5, 0.6) is 0 Å². The predicted octanol–water partition coefficient (Wildman–Crippen LogP) is 4.13. The molecule has 0 aromatic heterocycles. The van der Waals surface area contributed by atoms with Crippen LogP contribution in [0.4, 0.5) is 0 Å². The van der Waals surface area contributed by atoms with Crippen molar-refractivity contribution in [3.63, 3.8) is 0 Å². The molecule has 0 radical (unpaired) electrons. The quantitative estimate of drug-likeness (QED) is 0.771. The van der Waals surface area contributed by atoms with Crippen LogP contribution in [0.3, 0.4) is 0 Å². The minimum atomic E-state index is -0.280. The van der Waals surface area contributed by atoms with E-state index in [2.05, 4.69) is 46.6 Å². The van der Waals surface area contributed by atoms with Crippen LogP contribution >= 0.6 is 0 Å². The van der Waals surface area contributed by atoms with Crippen LogP contribution in [0, 0.1) is 0 Å². The Labute approximate surface area is 174 Å². The van der Waals surface area contributed by atoms with Crippen molar-refractivity contribution in [2.75, 3.05) is 26.2 Å². The second kappa shape index (κ2) is 10.0. The fourth-order valence-electron chi connectivity index (χ4n) is 4.57. The highest BCUT2D eigenvalue weighted by Crippen LogP contribution is 2.21. The number of carbonyl (C=O) groups is 1. The maximum Gasteiger partial charge on any atom is 0.244 e. The molecule has 154 valence electrons. The number of amides is 1. The number of benzene rings is 2. The largest absolute Gasteiger partial charge is 0.341 e. The summed E-state index contributed by atoms with van der Waals surface area (Å²) >= 11 is 0. The van der Waals surface area contributed by atoms with Crippen molar-refractivity contribution in [3.05, 3.63) is 71.3 Å². The molecule has 4 nitrogen and oxygen atoms in total. The van der Waals surface area contributed by atoms with E-state index in [1.807, 2.05) is 23.1 Å². The number of hydrogen-bond donors (Lipinski definition) is 1. The Kier molecular flexibility index (Phi) is 6.96. The number of hydrogen-bond acceptors (Lipinski definition) is 3. The number of carbonyl (C=O) groups excluding carboxylic acids is 1. The fourth-order valence-corrected chi connectivity index (χ4v) is 4.57. The molecule has 4 heteroatoms. The van der Waals surface area contributed by atoms with Gasteiger partial charge in [-0.3, -0.25) is 15.0 Å². The van der Waals surface area contributed by atoms with Gasteiger partial charge in [0.05, 0.1) is 0 Å². The molecular formula is C25H33N3O. The lowest BCUT2D eigenvalue weighted by atomic mass is 10.0. The Hall–Kier alpha value is -2.17. The minimum absolute atomic E-state index is 0.210. The van der Waals surface area contributed by atoms with Gasteiger partial charge < -0.3 is 4.90 Å². The van der Waals surface area contributed by atoms with Crippen LogP contribution < -0.4 is 5.32 Å². The first-order valence-corrected chi connectivity index (χ1v) is 11.2. The molecule has 1 amide bonds. The summed E-state index contributed by atoms with van der Waals surface area (Å²) in [5.41, 5.74) is 3.73. The Morgan fingerprint density at radius 3 is 2.14 bits per heavy atom. The molecule has 2 fully saturated rings. The fraction of sp³-hybridized carbons (Fsp3) is 0.480. The highest BCUT2D eigenvalue weighted by atomic mass is 16.2. The molecule has 0 spiro atoms. The molecule has 1 atom stereocenters. The molecule has 2 aromatic rings. The molecule has 2 heterocycles. The van der Waals surface area contributed by atoms with Crippen LogP contribution in [0.2, 0.25) is 0 Å². The molecule has 4 rings (SSSR count). The van der Waals surface area contributed by atoms with Crippen LogP contribution in [-0.4, -0.2) is 41.9 Å². The van der Waals surface area contributed by atoms with Gasteiger partial charge in [-0.05, 0) is 55.5 Å². The number of piperidine rings is 1. The van der Waals surface area contributed by atoms with Crippen molar-refractivity contribution >= 4 is 5.91 Å². The lowest BCUT2D eigenvalue weighted by Gasteiger charge is -2.28. The molecule has 2 aliphatic heterocycles. The first kappa shape index (κ1) is 20.1. The molecule has 0 aliphatic carbocycles. The summed E-state index contributed by atoms with van der Waals surface area (Å²) in [6.07, 6.45) is 6.20. The average molecular weight is 392 g/mol. The van der Waals surface area contributed by atoms with Crippen molar-refractivity contribution in [2.45, 2.75) is 51.2 Å². The van der Waals surface area contributed by atoms with E-state index in [0.29, 0.717) is 6.54 Å². The SMILES string of the molecule is O=C([C@H](NCc1ccccc1CN1CCCCC1)c1ccccc1)N1CCCC1. The van der Waals surface area contributed by atoms with Gasteiger partial charge >= 0.3 is 0 Å². The zero-order valence-corrected chi connectivity index (χ0v) is 17.4. The third-order valence-electron chi connectivity index (χ3n) is 6.26. The first-order chi connectivity index (χ1) is 14.3. The Balaban J connectivity index is 1.48. The molecule has 2 aromatic carbocycles. The van der Waals surface area contributed by atoms with E-state index in [9.17, 15) is 4.79 Å². The third kappa shape index (κ3) is 5.26. The first-order valence-electron chi connectivity index (χ1n) is 11.2. The van der Waals surface area contributed by atoms with Gasteiger partial charge in [-0.15, -0.1) is 0 Å². The molecule has 2 aliphatic rings. The van der Waals surface area contributed by atoms with E-state index in [-0.39, 0.29) is 11.9 Å². The number of nitrogens with zero attached hydrogens (tertiary/aromatic N) is 2. The Morgan fingerprint density at radius 1 is 0.793 bits per heavy atom. The van der Waals surface area contributed by atoms with Gasteiger partial charge in [0.1, 0.15) is 6.04 Å². The summed E-state index contributed by atoms with van der Waals surface area (Å²) in [7, 11) is 0. The van der Waals surface area contributed by atoms with Crippen LogP contribution in [0.1, 0.15) is 54.8 Å². The second-order valence-corrected chi connectivity index (χ2v) is 8.36. The van der Waals surface area contributed by atoms with E-state index < -0.39 is 0 Å². The summed E-state index contributed by atoms with van der Waals surface area (Å²) in [4.78, 5) is 17.8. The summed E-state index contributed by atoms with van der Waals surface area (Å²) in [5.74, 6) is 0.210. The molecule has 29 heavy (non-hydrogen) atoms. The molecule has 0 saturated carbocycles. The van der Waals surface area contributed by atoms with Crippen molar-refractivity contribution in [1.82, 2.24) is 15.1 Å². The highest BCUT2D eigenvalue weighted by Gasteiger charge is 2.27. The lowest BCUT2D eigenvalue weighted by molar-refractivity contribution is -0.132. The number of nitrogens with one attached hydrogen (secondary N) is 1. The number of rotatable bonds is 7. The van der Waals surface area contributed by atoms with Crippen molar-refractivity contribution in [3.8, 4) is 0 Å². The number of likely N-dealkylation sites (tertiary alicyclic amines) is 2. The van der Waals surface area contributed by atoms with Crippen molar-refractivity contribution in [1.29, 1.82) is 0 Å². The molecule has 2 saturated heterocycles. The summed E-state index contributed by atoms with van der Waals surface area (Å²) in [6.45, 7) is 5.88. The van der Waals surface area contributed by atoms with Crippen LogP contribution in [0.15, 0.2) is 54.6 Å². The maximum absolute atomic E-state index is 13.2. The van der Waals surface area contributed by atoms with Crippen molar-refractivity contribution < 1.29 is 4.79 Å². The smallest absolute Gasteiger partial charge is 0.244 e. The van der Waals surface area contributed by atoms with Crippen LogP contribution in [-0.2, 0) is 17.9 Å². The standard InChI is InChI=1S/C25H33N3O/c29-25(28-17-9-10-18-28)24(21-11-3-1-4-12-21)26-19-22-13-5-6-14-23(22)20-27-15-7-2-8-16-27/h1,3-6,11-14,24,26H,2,7-10,15-20H2/t24-/m1/s1.